The van der Waals surface area contributed by atoms with Gasteiger partial charge in [-0.25, -0.2) is 4.39 Å². The SMILES string of the molecule is CCCCC(NC(C)CCS(C)=O)c1ccc(F)cc1. The molecule has 0 amide bonds. The molecule has 0 radical (unpaired) electrons. The monoisotopic (exact) mass is 299 g/mol. The molecule has 0 fully saturated rings. The van der Waals surface area contributed by atoms with Gasteiger partial charge < -0.3 is 5.32 Å². The summed E-state index contributed by atoms with van der Waals surface area (Å²) in [7, 11) is -0.743. The number of hydrogen-bond donors (Lipinski definition) is 1. The third-order valence-corrected chi connectivity index (χ3v) is 4.25. The fourth-order valence-electron chi connectivity index (χ4n) is 2.22. The van der Waals surface area contributed by atoms with E-state index in [2.05, 4.69) is 19.2 Å². The third kappa shape index (κ3) is 6.62. The fourth-order valence-corrected chi connectivity index (χ4v) is 2.90. The van der Waals surface area contributed by atoms with Crippen LogP contribution in [0.4, 0.5) is 4.39 Å². The average Bonchev–Trinajstić information content (AvgIpc) is 2.42. The van der Waals surface area contributed by atoms with Crippen LogP contribution in [0.15, 0.2) is 24.3 Å². The molecule has 0 aliphatic carbocycles. The van der Waals surface area contributed by atoms with Crippen molar-refractivity contribution < 1.29 is 8.60 Å². The molecule has 114 valence electrons. The first-order valence-electron chi connectivity index (χ1n) is 7.34. The van der Waals surface area contributed by atoms with E-state index >= 15 is 0 Å². The minimum absolute atomic E-state index is 0.197. The predicted molar refractivity (Wildman–Crippen MR) is 84.8 cm³/mol. The first-order valence-corrected chi connectivity index (χ1v) is 9.07. The summed E-state index contributed by atoms with van der Waals surface area (Å²) in [6, 6.07) is 7.30. The van der Waals surface area contributed by atoms with Crippen molar-refractivity contribution in [1.82, 2.24) is 5.32 Å². The Bertz CT molecular complexity index is 407. The molecule has 0 heterocycles. The number of halogens is 1. The van der Waals surface area contributed by atoms with Crippen LogP contribution in [-0.4, -0.2) is 22.3 Å². The molecule has 0 aromatic heterocycles. The minimum atomic E-state index is -0.743. The van der Waals surface area contributed by atoms with Crippen LogP contribution >= 0.6 is 0 Å². The average molecular weight is 299 g/mol. The number of rotatable bonds is 9. The second kappa shape index (κ2) is 9.24. The van der Waals surface area contributed by atoms with E-state index in [1.165, 1.54) is 12.1 Å². The van der Waals surface area contributed by atoms with Crippen LogP contribution in [0.3, 0.4) is 0 Å². The summed E-state index contributed by atoms with van der Waals surface area (Å²) in [6.45, 7) is 4.29. The highest BCUT2D eigenvalue weighted by Gasteiger charge is 2.14. The number of hydrogen-bond acceptors (Lipinski definition) is 2. The maximum absolute atomic E-state index is 13.0. The molecular weight excluding hydrogens is 273 g/mol. The first-order chi connectivity index (χ1) is 9.52. The smallest absolute Gasteiger partial charge is 0.123 e. The molecule has 0 bridgehead atoms. The van der Waals surface area contributed by atoms with E-state index in [1.807, 2.05) is 12.1 Å². The van der Waals surface area contributed by atoms with Gasteiger partial charge in [-0.15, -0.1) is 0 Å². The quantitative estimate of drug-likeness (QED) is 0.751. The van der Waals surface area contributed by atoms with E-state index < -0.39 is 10.8 Å². The lowest BCUT2D eigenvalue weighted by molar-refractivity contribution is 0.417. The molecule has 3 atom stereocenters. The van der Waals surface area contributed by atoms with Gasteiger partial charge in [-0.2, -0.15) is 0 Å². The maximum Gasteiger partial charge on any atom is 0.123 e. The van der Waals surface area contributed by atoms with Crippen molar-refractivity contribution in [2.45, 2.75) is 51.6 Å². The fraction of sp³-hybridized carbons (Fsp3) is 0.625. The van der Waals surface area contributed by atoms with Gasteiger partial charge in [-0.3, -0.25) is 4.21 Å². The highest BCUT2D eigenvalue weighted by Crippen LogP contribution is 2.21. The Morgan fingerprint density at radius 1 is 1.25 bits per heavy atom. The van der Waals surface area contributed by atoms with Gasteiger partial charge in [0.25, 0.3) is 0 Å². The van der Waals surface area contributed by atoms with Crippen molar-refractivity contribution in [2.75, 3.05) is 12.0 Å². The molecule has 1 rings (SSSR count). The Balaban J connectivity index is 2.63. The van der Waals surface area contributed by atoms with Crippen molar-refractivity contribution in [1.29, 1.82) is 0 Å². The van der Waals surface area contributed by atoms with Gasteiger partial charge in [0.15, 0.2) is 0 Å². The second-order valence-corrected chi connectivity index (χ2v) is 6.93. The van der Waals surface area contributed by atoms with Crippen molar-refractivity contribution >= 4 is 10.8 Å². The highest BCUT2D eigenvalue weighted by molar-refractivity contribution is 7.84. The van der Waals surface area contributed by atoms with E-state index in [9.17, 15) is 8.60 Å². The van der Waals surface area contributed by atoms with E-state index in [1.54, 1.807) is 6.26 Å². The van der Waals surface area contributed by atoms with Crippen molar-refractivity contribution in [3.63, 3.8) is 0 Å². The molecule has 0 saturated heterocycles. The van der Waals surface area contributed by atoms with E-state index in [0.29, 0.717) is 6.04 Å². The zero-order valence-corrected chi connectivity index (χ0v) is 13.5. The van der Waals surface area contributed by atoms with Gasteiger partial charge in [0, 0.05) is 34.9 Å². The Hall–Kier alpha value is -0.740. The predicted octanol–water partition coefficient (Wildman–Crippen LogP) is 3.80. The molecule has 0 aliphatic heterocycles. The largest absolute Gasteiger partial charge is 0.307 e. The number of benzene rings is 1. The zero-order valence-electron chi connectivity index (χ0n) is 12.7. The number of nitrogens with one attached hydrogen (secondary N) is 1. The maximum atomic E-state index is 13.0. The summed E-state index contributed by atoms with van der Waals surface area (Å²) >= 11 is 0. The normalized spacial score (nSPS) is 15.8. The molecule has 1 aromatic carbocycles. The lowest BCUT2D eigenvalue weighted by Gasteiger charge is -2.24. The van der Waals surface area contributed by atoms with Crippen LogP contribution in [0.1, 0.15) is 51.1 Å². The third-order valence-electron chi connectivity index (χ3n) is 3.44. The molecule has 1 N–H and O–H groups in total. The minimum Gasteiger partial charge on any atom is -0.307 e. The molecule has 20 heavy (non-hydrogen) atoms. The Morgan fingerprint density at radius 3 is 2.45 bits per heavy atom. The van der Waals surface area contributed by atoms with Crippen LogP contribution in [-0.2, 0) is 10.8 Å². The van der Waals surface area contributed by atoms with Crippen molar-refractivity contribution in [2.24, 2.45) is 0 Å². The van der Waals surface area contributed by atoms with E-state index in [4.69, 9.17) is 0 Å². The molecule has 3 unspecified atom stereocenters. The second-order valence-electron chi connectivity index (χ2n) is 5.38. The summed E-state index contributed by atoms with van der Waals surface area (Å²) in [6.07, 6.45) is 5.96. The van der Waals surface area contributed by atoms with Gasteiger partial charge in [0.2, 0.25) is 0 Å². The summed E-state index contributed by atoms with van der Waals surface area (Å²) in [5.41, 5.74) is 1.13. The lowest BCUT2D eigenvalue weighted by atomic mass is 10.00. The van der Waals surface area contributed by atoms with Gasteiger partial charge >= 0.3 is 0 Å². The Kier molecular flexibility index (Phi) is 8.00. The molecule has 1 aromatic rings. The zero-order chi connectivity index (χ0) is 15.0. The topological polar surface area (TPSA) is 29.1 Å². The molecule has 2 nitrogen and oxygen atoms in total. The summed E-state index contributed by atoms with van der Waals surface area (Å²) in [4.78, 5) is 0. The van der Waals surface area contributed by atoms with Crippen LogP contribution < -0.4 is 5.32 Å². The Morgan fingerprint density at radius 2 is 1.90 bits per heavy atom. The van der Waals surface area contributed by atoms with Crippen molar-refractivity contribution in [3.8, 4) is 0 Å². The van der Waals surface area contributed by atoms with Crippen molar-refractivity contribution in [3.05, 3.63) is 35.6 Å². The Labute approximate surface area is 124 Å². The molecule has 0 spiro atoms. The first kappa shape index (κ1) is 17.3. The van der Waals surface area contributed by atoms with Gasteiger partial charge in [-0.05, 0) is 37.5 Å². The lowest BCUT2D eigenvalue weighted by Crippen LogP contribution is -2.31. The van der Waals surface area contributed by atoms with Crippen LogP contribution in [0.2, 0.25) is 0 Å². The summed E-state index contributed by atoms with van der Waals surface area (Å²) < 4.78 is 24.2. The molecular formula is C16H26FNOS. The van der Waals surface area contributed by atoms with Crippen LogP contribution in [0.25, 0.3) is 0 Å². The van der Waals surface area contributed by atoms with Crippen LogP contribution in [0, 0.1) is 5.82 Å². The summed E-state index contributed by atoms with van der Waals surface area (Å²) in [5.74, 6) is 0.523. The number of unbranched alkanes of at least 4 members (excludes halogenated alkanes) is 1. The highest BCUT2D eigenvalue weighted by atomic mass is 32.2. The van der Waals surface area contributed by atoms with Gasteiger partial charge in [0.1, 0.15) is 5.82 Å². The van der Waals surface area contributed by atoms with E-state index in [0.717, 1.165) is 37.0 Å². The summed E-state index contributed by atoms with van der Waals surface area (Å²) in [5, 5.41) is 3.59. The molecule has 0 saturated carbocycles. The van der Waals surface area contributed by atoms with Gasteiger partial charge in [-0.1, -0.05) is 31.9 Å². The molecule has 4 heteroatoms. The van der Waals surface area contributed by atoms with Crippen LogP contribution in [0.5, 0.6) is 0 Å². The molecule has 0 aliphatic rings. The van der Waals surface area contributed by atoms with E-state index in [-0.39, 0.29) is 11.9 Å². The van der Waals surface area contributed by atoms with Gasteiger partial charge in [0.05, 0.1) is 0 Å². The standard InChI is InChI=1S/C16H26FNOS/c1-4-5-6-16(14-7-9-15(17)10-8-14)18-13(2)11-12-20(3)19/h7-10,13,16,18H,4-6,11-12H2,1-3H3.